The molecule has 2 aromatic carbocycles. The van der Waals surface area contributed by atoms with Crippen LogP contribution in [0.1, 0.15) is 90.9 Å². The average Bonchev–Trinajstić information content (AvgIpc) is 3.84. The zero-order valence-corrected chi connectivity index (χ0v) is 29.2. The van der Waals surface area contributed by atoms with Crippen LogP contribution in [-0.4, -0.2) is 78.9 Å². The van der Waals surface area contributed by atoms with Crippen molar-refractivity contribution in [2.24, 2.45) is 7.05 Å². The van der Waals surface area contributed by atoms with Crippen LogP contribution >= 0.6 is 0 Å². The van der Waals surface area contributed by atoms with Crippen LogP contribution in [0.15, 0.2) is 73.3 Å². The normalized spacial score (nSPS) is 14.2. The standard InChI is InChI=1S/C38H51N7O4/c1-4-20-43(21-5-2)22-8-9-23-44(24-16-36(46)48-38-33-11-7-6-10-32(33)37(47)49-38)26-30-12-14-31(15-13-30)27-45(28-34-39-17-18-40-34)29-35-41-19-25-42(35)3/h6-7,10-15,17-19,25,38H,4-5,8-9,16,20-24,26-29H2,1-3H3,(H,39,40). The number of hydrogen-bond donors (Lipinski definition) is 1. The SMILES string of the molecule is CCCN(CCC)CCCCN(CCC(=O)OC1OC(=O)c2ccccc21)Cc1ccc(CN(Cc2ncc[nH]2)Cc2nccn2C)cc1. The number of imidazole rings is 2. The summed E-state index contributed by atoms with van der Waals surface area (Å²) in [6, 6.07) is 15.8. The maximum absolute atomic E-state index is 13.0. The van der Waals surface area contributed by atoms with Crippen LogP contribution in [0.2, 0.25) is 0 Å². The van der Waals surface area contributed by atoms with Gasteiger partial charge < -0.3 is 23.9 Å². The molecule has 0 aliphatic carbocycles. The zero-order valence-electron chi connectivity index (χ0n) is 29.2. The molecule has 11 heteroatoms. The van der Waals surface area contributed by atoms with Gasteiger partial charge in [0.05, 0.1) is 25.1 Å². The fourth-order valence-corrected chi connectivity index (χ4v) is 6.32. The van der Waals surface area contributed by atoms with Gasteiger partial charge in [-0.15, -0.1) is 0 Å². The number of nitrogens with zero attached hydrogens (tertiary/aromatic N) is 6. The van der Waals surface area contributed by atoms with Gasteiger partial charge >= 0.3 is 11.9 Å². The molecular formula is C38H51N7O4. The van der Waals surface area contributed by atoms with Crippen LogP contribution in [0.4, 0.5) is 0 Å². The predicted molar refractivity (Wildman–Crippen MR) is 188 cm³/mol. The van der Waals surface area contributed by atoms with E-state index < -0.39 is 12.3 Å². The van der Waals surface area contributed by atoms with Gasteiger partial charge in [0, 0.05) is 57.0 Å². The van der Waals surface area contributed by atoms with Gasteiger partial charge in [-0.1, -0.05) is 56.3 Å². The lowest BCUT2D eigenvalue weighted by molar-refractivity contribution is -0.168. The molecule has 0 fully saturated rings. The fraction of sp³-hybridized carbons (Fsp3) is 0.474. The Morgan fingerprint density at radius 1 is 0.837 bits per heavy atom. The second-order valence-electron chi connectivity index (χ2n) is 12.8. The van der Waals surface area contributed by atoms with Crippen molar-refractivity contribution < 1.29 is 19.1 Å². The van der Waals surface area contributed by atoms with Gasteiger partial charge in [-0.3, -0.25) is 14.6 Å². The summed E-state index contributed by atoms with van der Waals surface area (Å²) >= 11 is 0. The molecule has 0 spiro atoms. The van der Waals surface area contributed by atoms with Crippen molar-refractivity contribution in [3.8, 4) is 0 Å². The number of nitrogens with one attached hydrogen (secondary N) is 1. The van der Waals surface area contributed by atoms with E-state index in [1.807, 2.05) is 36.3 Å². The largest absolute Gasteiger partial charge is 0.420 e. The summed E-state index contributed by atoms with van der Waals surface area (Å²) in [4.78, 5) is 44.6. The van der Waals surface area contributed by atoms with Crippen LogP contribution in [0, 0.1) is 0 Å². The second-order valence-corrected chi connectivity index (χ2v) is 12.8. The lowest BCUT2D eigenvalue weighted by Gasteiger charge is -2.25. The molecule has 0 amide bonds. The van der Waals surface area contributed by atoms with Crippen molar-refractivity contribution in [3.05, 3.63) is 107 Å². The molecule has 1 aliphatic heterocycles. The molecule has 262 valence electrons. The predicted octanol–water partition coefficient (Wildman–Crippen LogP) is 5.85. The highest BCUT2D eigenvalue weighted by molar-refractivity contribution is 5.94. The molecular weight excluding hydrogens is 618 g/mol. The monoisotopic (exact) mass is 669 g/mol. The van der Waals surface area contributed by atoms with E-state index in [2.05, 4.69) is 67.8 Å². The first-order valence-corrected chi connectivity index (χ1v) is 17.6. The van der Waals surface area contributed by atoms with E-state index in [-0.39, 0.29) is 12.4 Å². The second kappa shape index (κ2) is 18.4. The lowest BCUT2D eigenvalue weighted by atomic mass is 10.1. The minimum Gasteiger partial charge on any atom is -0.420 e. The van der Waals surface area contributed by atoms with Crippen molar-refractivity contribution in [2.75, 3.05) is 32.7 Å². The van der Waals surface area contributed by atoms with Crippen LogP contribution in [-0.2, 0) is 47.5 Å². The number of hydrogen-bond acceptors (Lipinski definition) is 9. The van der Waals surface area contributed by atoms with Crippen molar-refractivity contribution in [3.63, 3.8) is 0 Å². The Hall–Kier alpha value is -4.32. The number of aromatic amines is 1. The van der Waals surface area contributed by atoms with Crippen molar-refractivity contribution >= 4 is 11.9 Å². The molecule has 4 aromatic rings. The van der Waals surface area contributed by atoms with E-state index in [0.29, 0.717) is 30.8 Å². The molecule has 1 N–H and O–H groups in total. The summed E-state index contributed by atoms with van der Waals surface area (Å²) < 4.78 is 13.0. The smallest absolute Gasteiger partial charge is 0.342 e. The maximum Gasteiger partial charge on any atom is 0.342 e. The molecule has 11 nitrogen and oxygen atoms in total. The molecule has 1 unspecified atom stereocenters. The first kappa shape index (κ1) is 36.0. The Balaban J connectivity index is 1.19. The Morgan fingerprint density at radius 2 is 1.53 bits per heavy atom. The molecule has 0 bridgehead atoms. The summed E-state index contributed by atoms with van der Waals surface area (Å²) in [5, 5.41) is 0. The minimum absolute atomic E-state index is 0.209. The Kier molecular flexibility index (Phi) is 13.5. The highest BCUT2D eigenvalue weighted by atomic mass is 16.7. The quantitative estimate of drug-likeness (QED) is 0.0863. The molecule has 1 aliphatic rings. The summed E-state index contributed by atoms with van der Waals surface area (Å²) in [6.07, 6.45) is 11.1. The maximum atomic E-state index is 13.0. The number of unbranched alkanes of at least 4 members (excludes halogenated alkanes) is 1. The first-order chi connectivity index (χ1) is 23.9. The number of H-pyrrole nitrogens is 1. The van der Waals surface area contributed by atoms with Gasteiger partial charge in [0.1, 0.15) is 11.6 Å². The molecule has 0 saturated carbocycles. The number of benzene rings is 2. The molecule has 0 radical (unpaired) electrons. The lowest BCUT2D eigenvalue weighted by Crippen LogP contribution is -2.30. The number of aromatic nitrogens is 4. The molecule has 0 saturated heterocycles. The van der Waals surface area contributed by atoms with E-state index in [1.54, 1.807) is 24.4 Å². The average molecular weight is 670 g/mol. The topological polar surface area (TPSA) is 109 Å². The molecule has 49 heavy (non-hydrogen) atoms. The molecule has 3 heterocycles. The molecule has 2 aromatic heterocycles. The molecule has 5 rings (SSSR count). The highest BCUT2D eigenvalue weighted by Gasteiger charge is 2.33. The van der Waals surface area contributed by atoms with E-state index in [1.165, 1.54) is 11.1 Å². The van der Waals surface area contributed by atoms with Crippen molar-refractivity contribution in [1.82, 2.24) is 34.2 Å². The van der Waals surface area contributed by atoms with Crippen molar-refractivity contribution in [1.29, 1.82) is 0 Å². The van der Waals surface area contributed by atoms with Gasteiger partial charge in [0.15, 0.2) is 0 Å². The van der Waals surface area contributed by atoms with Crippen LogP contribution in [0.3, 0.4) is 0 Å². The van der Waals surface area contributed by atoms with Crippen LogP contribution < -0.4 is 0 Å². The molecule has 1 atom stereocenters. The van der Waals surface area contributed by atoms with Gasteiger partial charge in [0.25, 0.3) is 6.29 Å². The Labute approximate surface area is 290 Å². The number of esters is 2. The fourth-order valence-electron chi connectivity index (χ4n) is 6.32. The van der Waals surface area contributed by atoms with Gasteiger partial charge in [-0.05, 0) is 69.1 Å². The number of carbonyl (C=O) groups excluding carboxylic acids is 2. The number of cyclic esters (lactones) is 1. The Morgan fingerprint density at radius 3 is 2.18 bits per heavy atom. The van der Waals surface area contributed by atoms with E-state index >= 15 is 0 Å². The number of aryl methyl sites for hydroxylation is 1. The zero-order chi connectivity index (χ0) is 34.4. The van der Waals surface area contributed by atoms with E-state index in [9.17, 15) is 9.59 Å². The highest BCUT2D eigenvalue weighted by Crippen LogP contribution is 2.31. The van der Waals surface area contributed by atoms with Gasteiger partial charge in [0.2, 0.25) is 0 Å². The number of ether oxygens (including phenoxy) is 2. The number of carbonyl (C=O) groups is 2. The third-order valence-electron chi connectivity index (χ3n) is 8.85. The summed E-state index contributed by atoms with van der Waals surface area (Å²) in [5.41, 5.74) is 3.45. The van der Waals surface area contributed by atoms with Gasteiger partial charge in [-0.25, -0.2) is 14.8 Å². The summed E-state index contributed by atoms with van der Waals surface area (Å²) in [5.74, 6) is 1.08. The summed E-state index contributed by atoms with van der Waals surface area (Å²) in [7, 11) is 2.02. The number of rotatable bonds is 21. The minimum atomic E-state index is -0.981. The number of fused-ring (bicyclic) bond motifs is 1. The van der Waals surface area contributed by atoms with Gasteiger partial charge in [-0.2, -0.15) is 0 Å². The van der Waals surface area contributed by atoms with Crippen molar-refractivity contribution in [2.45, 2.75) is 78.4 Å². The summed E-state index contributed by atoms with van der Waals surface area (Å²) in [6.45, 7) is 12.1. The van der Waals surface area contributed by atoms with E-state index in [0.717, 1.165) is 76.6 Å². The van der Waals surface area contributed by atoms with E-state index in [4.69, 9.17) is 9.47 Å². The van der Waals surface area contributed by atoms with Crippen LogP contribution in [0.5, 0.6) is 0 Å². The Bertz CT molecular complexity index is 1580. The first-order valence-electron chi connectivity index (χ1n) is 17.6. The van der Waals surface area contributed by atoms with Crippen LogP contribution in [0.25, 0.3) is 0 Å². The third-order valence-corrected chi connectivity index (χ3v) is 8.85. The third kappa shape index (κ3) is 10.8.